The van der Waals surface area contributed by atoms with Crippen LogP contribution in [-0.2, 0) is 17.8 Å². The van der Waals surface area contributed by atoms with E-state index in [2.05, 4.69) is 17.1 Å². The molecule has 0 aliphatic heterocycles. The second kappa shape index (κ2) is 7.21. The maximum atomic E-state index is 12.7. The van der Waals surface area contributed by atoms with Crippen LogP contribution in [0.15, 0.2) is 54.7 Å². The van der Waals surface area contributed by atoms with Gasteiger partial charge in [-0.05, 0) is 24.1 Å². The van der Waals surface area contributed by atoms with Crippen LogP contribution in [-0.4, -0.2) is 22.3 Å². The summed E-state index contributed by atoms with van der Waals surface area (Å²) in [7, 11) is 0. The molecule has 116 valence electrons. The Bertz CT molecular complexity index is 588. The largest absolute Gasteiger partial charge is 0.336 e. The molecular formula is C19H24N2O. The zero-order valence-corrected chi connectivity index (χ0v) is 13.6. The van der Waals surface area contributed by atoms with Gasteiger partial charge in [0, 0.05) is 18.2 Å². The molecule has 2 aromatic rings. The third kappa shape index (κ3) is 4.69. The molecule has 22 heavy (non-hydrogen) atoms. The lowest BCUT2D eigenvalue weighted by Crippen LogP contribution is -2.40. The maximum Gasteiger partial charge on any atom is 0.228 e. The van der Waals surface area contributed by atoms with E-state index in [-0.39, 0.29) is 11.3 Å². The lowest BCUT2D eigenvalue weighted by Gasteiger charge is -2.29. The summed E-state index contributed by atoms with van der Waals surface area (Å²) in [5.74, 6) is 0.161. The molecule has 0 N–H and O–H groups in total. The van der Waals surface area contributed by atoms with Crippen molar-refractivity contribution in [1.29, 1.82) is 0 Å². The Hall–Kier alpha value is -2.16. The summed E-state index contributed by atoms with van der Waals surface area (Å²) in [6, 6.07) is 16.1. The third-order valence-electron chi connectivity index (χ3n) is 3.52. The molecule has 0 radical (unpaired) electrons. The fraction of sp³-hybridized carbons (Fsp3) is 0.368. The summed E-state index contributed by atoms with van der Waals surface area (Å²) in [6.07, 6.45) is 2.63. The molecule has 1 heterocycles. The first kappa shape index (κ1) is 16.2. The van der Waals surface area contributed by atoms with E-state index in [1.807, 2.05) is 62.1 Å². The number of hydrogen-bond donors (Lipinski definition) is 0. The molecule has 0 spiro atoms. The van der Waals surface area contributed by atoms with Crippen molar-refractivity contribution in [2.45, 2.75) is 33.7 Å². The van der Waals surface area contributed by atoms with Crippen molar-refractivity contribution >= 4 is 5.91 Å². The molecule has 0 aliphatic carbocycles. The van der Waals surface area contributed by atoms with Crippen molar-refractivity contribution < 1.29 is 4.79 Å². The minimum atomic E-state index is -0.383. The number of rotatable bonds is 5. The van der Waals surface area contributed by atoms with Crippen molar-refractivity contribution in [3.8, 4) is 0 Å². The Morgan fingerprint density at radius 2 is 1.73 bits per heavy atom. The van der Waals surface area contributed by atoms with Crippen LogP contribution in [0.2, 0.25) is 0 Å². The van der Waals surface area contributed by atoms with Crippen LogP contribution >= 0.6 is 0 Å². The van der Waals surface area contributed by atoms with Gasteiger partial charge in [0.15, 0.2) is 0 Å². The van der Waals surface area contributed by atoms with Gasteiger partial charge in [0.25, 0.3) is 0 Å². The van der Waals surface area contributed by atoms with Crippen LogP contribution in [0.25, 0.3) is 0 Å². The number of amides is 1. The van der Waals surface area contributed by atoms with Crippen molar-refractivity contribution in [2.75, 3.05) is 6.54 Å². The van der Waals surface area contributed by atoms with Crippen LogP contribution in [0.3, 0.4) is 0 Å². The molecule has 1 aromatic carbocycles. The van der Waals surface area contributed by atoms with Gasteiger partial charge in [-0.25, -0.2) is 0 Å². The zero-order chi connectivity index (χ0) is 16.0. The van der Waals surface area contributed by atoms with Gasteiger partial charge in [0.1, 0.15) is 0 Å². The molecule has 3 heteroatoms. The highest BCUT2D eigenvalue weighted by atomic mass is 16.2. The number of carbonyl (C=O) groups is 1. The first-order valence-electron chi connectivity index (χ1n) is 7.70. The monoisotopic (exact) mass is 296 g/mol. The van der Waals surface area contributed by atoms with Gasteiger partial charge in [0.2, 0.25) is 5.91 Å². The standard InChI is InChI=1S/C19H24N2O/c1-19(2,3)18(22)21(15-17-11-7-8-13-20-17)14-12-16-9-5-4-6-10-16/h4-11,13H,12,14-15H2,1-3H3. The molecule has 0 atom stereocenters. The number of nitrogens with zero attached hydrogens (tertiary/aromatic N) is 2. The highest BCUT2D eigenvalue weighted by Gasteiger charge is 2.27. The average Bonchev–Trinajstić information content (AvgIpc) is 2.52. The molecule has 0 fully saturated rings. The summed E-state index contributed by atoms with van der Waals surface area (Å²) in [5, 5.41) is 0. The van der Waals surface area contributed by atoms with E-state index in [1.54, 1.807) is 6.20 Å². The summed E-state index contributed by atoms with van der Waals surface area (Å²) in [5.41, 5.74) is 1.79. The van der Waals surface area contributed by atoms with Gasteiger partial charge < -0.3 is 4.90 Å². The topological polar surface area (TPSA) is 33.2 Å². The van der Waals surface area contributed by atoms with E-state index in [4.69, 9.17) is 0 Å². The Balaban J connectivity index is 2.09. The second-order valence-corrected chi connectivity index (χ2v) is 6.53. The number of benzene rings is 1. The molecule has 2 rings (SSSR count). The maximum absolute atomic E-state index is 12.7. The molecule has 0 aliphatic rings. The van der Waals surface area contributed by atoms with Crippen LogP contribution < -0.4 is 0 Å². The highest BCUT2D eigenvalue weighted by molar-refractivity contribution is 5.81. The van der Waals surface area contributed by atoms with Crippen molar-refractivity contribution in [3.63, 3.8) is 0 Å². The van der Waals surface area contributed by atoms with Crippen LogP contribution in [0.5, 0.6) is 0 Å². The summed E-state index contributed by atoms with van der Waals surface area (Å²) < 4.78 is 0. The van der Waals surface area contributed by atoms with Crippen LogP contribution in [0, 0.1) is 5.41 Å². The third-order valence-corrected chi connectivity index (χ3v) is 3.52. The SMILES string of the molecule is CC(C)(C)C(=O)N(CCc1ccccc1)Cc1ccccn1. The number of carbonyl (C=O) groups excluding carboxylic acids is 1. The first-order chi connectivity index (χ1) is 10.5. The Morgan fingerprint density at radius 3 is 2.32 bits per heavy atom. The summed E-state index contributed by atoms with van der Waals surface area (Å²) in [4.78, 5) is 18.9. The molecule has 1 aromatic heterocycles. The lowest BCUT2D eigenvalue weighted by atomic mass is 9.94. The smallest absolute Gasteiger partial charge is 0.228 e. The molecule has 0 saturated heterocycles. The van der Waals surface area contributed by atoms with Gasteiger partial charge in [0.05, 0.1) is 12.2 Å². The van der Waals surface area contributed by atoms with Gasteiger partial charge in [-0.15, -0.1) is 0 Å². The van der Waals surface area contributed by atoms with Gasteiger partial charge in [-0.1, -0.05) is 57.2 Å². The molecular weight excluding hydrogens is 272 g/mol. The summed E-state index contributed by atoms with van der Waals surface area (Å²) >= 11 is 0. The minimum Gasteiger partial charge on any atom is -0.336 e. The molecule has 0 unspecified atom stereocenters. The fourth-order valence-corrected chi connectivity index (χ4v) is 2.32. The first-order valence-corrected chi connectivity index (χ1v) is 7.70. The quantitative estimate of drug-likeness (QED) is 0.843. The van der Waals surface area contributed by atoms with Crippen molar-refractivity contribution in [2.24, 2.45) is 5.41 Å². The van der Waals surface area contributed by atoms with E-state index in [9.17, 15) is 4.79 Å². The lowest BCUT2D eigenvalue weighted by molar-refractivity contribution is -0.140. The Kier molecular flexibility index (Phi) is 5.31. The van der Waals surface area contributed by atoms with E-state index < -0.39 is 0 Å². The molecule has 0 saturated carbocycles. The van der Waals surface area contributed by atoms with Crippen LogP contribution in [0.4, 0.5) is 0 Å². The van der Waals surface area contributed by atoms with Crippen LogP contribution in [0.1, 0.15) is 32.0 Å². The predicted octanol–water partition coefficient (Wildman–Crippen LogP) is 3.70. The number of hydrogen-bond acceptors (Lipinski definition) is 2. The predicted molar refractivity (Wildman–Crippen MR) is 89.3 cm³/mol. The molecule has 1 amide bonds. The minimum absolute atomic E-state index is 0.161. The van der Waals surface area contributed by atoms with Crippen molar-refractivity contribution in [1.82, 2.24) is 9.88 Å². The molecule has 0 bridgehead atoms. The van der Waals surface area contributed by atoms with Gasteiger partial charge in [-0.3, -0.25) is 9.78 Å². The van der Waals surface area contributed by atoms with E-state index in [0.717, 1.165) is 12.1 Å². The van der Waals surface area contributed by atoms with E-state index >= 15 is 0 Å². The summed E-state index contributed by atoms with van der Waals surface area (Å²) in [6.45, 7) is 7.15. The van der Waals surface area contributed by atoms with Gasteiger partial charge in [-0.2, -0.15) is 0 Å². The Labute approximate surface area is 133 Å². The Morgan fingerprint density at radius 1 is 1.05 bits per heavy atom. The second-order valence-electron chi connectivity index (χ2n) is 6.53. The average molecular weight is 296 g/mol. The number of pyridine rings is 1. The van der Waals surface area contributed by atoms with Crippen molar-refractivity contribution in [3.05, 3.63) is 66.0 Å². The van der Waals surface area contributed by atoms with E-state index in [0.29, 0.717) is 13.1 Å². The molecule has 3 nitrogen and oxygen atoms in total. The number of aromatic nitrogens is 1. The van der Waals surface area contributed by atoms with Gasteiger partial charge >= 0.3 is 0 Å². The highest BCUT2D eigenvalue weighted by Crippen LogP contribution is 2.19. The zero-order valence-electron chi connectivity index (χ0n) is 13.6. The van der Waals surface area contributed by atoms with E-state index in [1.165, 1.54) is 5.56 Å². The normalized spacial score (nSPS) is 11.2. The fourth-order valence-electron chi connectivity index (χ4n) is 2.32.